The number of methoxy groups -OCH3 is 1. The highest BCUT2D eigenvalue weighted by Gasteiger charge is 2.24. The van der Waals surface area contributed by atoms with E-state index in [9.17, 15) is 9.59 Å². The number of carbonyl (C=O) groups excluding carboxylic acids is 2. The molecule has 5 heteroatoms. The molecule has 1 atom stereocenters. The van der Waals surface area contributed by atoms with Gasteiger partial charge in [-0.1, -0.05) is 24.3 Å². The Balaban J connectivity index is 2.14. The first kappa shape index (κ1) is 13.9. The lowest BCUT2D eigenvalue weighted by molar-refractivity contribution is -0.135. The van der Waals surface area contributed by atoms with Crippen molar-refractivity contribution in [3.63, 3.8) is 0 Å². The third-order valence-corrected chi connectivity index (χ3v) is 2.85. The van der Waals surface area contributed by atoms with Gasteiger partial charge in [-0.15, -0.1) is 0 Å². The summed E-state index contributed by atoms with van der Waals surface area (Å²) in [5.74, 6) is -0.0436. The van der Waals surface area contributed by atoms with Gasteiger partial charge in [0.2, 0.25) is 0 Å². The second-order valence-electron chi connectivity index (χ2n) is 4.26. The Hall–Kier alpha value is -2.56. The third kappa shape index (κ3) is 3.06. The maximum Gasteiger partial charge on any atom is 0.419 e. The van der Waals surface area contributed by atoms with Crippen molar-refractivity contribution in [1.29, 1.82) is 0 Å². The molecule has 0 saturated carbocycles. The summed E-state index contributed by atoms with van der Waals surface area (Å²) in [7, 11) is 1.29. The summed E-state index contributed by atoms with van der Waals surface area (Å²) < 4.78 is 9.88. The van der Waals surface area contributed by atoms with Gasteiger partial charge in [0.25, 0.3) is 0 Å². The highest BCUT2D eigenvalue weighted by atomic mass is 16.6. The van der Waals surface area contributed by atoms with Gasteiger partial charge >= 0.3 is 12.1 Å². The quantitative estimate of drug-likeness (QED) is 0.777. The van der Waals surface area contributed by atoms with Crippen molar-refractivity contribution in [1.82, 2.24) is 4.90 Å². The van der Waals surface area contributed by atoms with Crippen LogP contribution in [0, 0.1) is 0 Å². The normalized spacial score (nSPS) is 17.4. The summed E-state index contributed by atoms with van der Waals surface area (Å²) in [4.78, 5) is 24.9. The molecule has 20 heavy (non-hydrogen) atoms. The molecular formula is C15H15NO4. The molecule has 2 rings (SSSR count). The fourth-order valence-electron chi connectivity index (χ4n) is 1.75. The predicted octanol–water partition coefficient (Wildman–Crippen LogP) is 2.50. The molecular weight excluding hydrogens is 258 g/mol. The van der Waals surface area contributed by atoms with Crippen molar-refractivity contribution >= 4 is 12.1 Å². The largest absolute Gasteiger partial charge is 0.465 e. The Morgan fingerprint density at radius 3 is 2.55 bits per heavy atom. The van der Waals surface area contributed by atoms with Gasteiger partial charge in [-0.25, -0.2) is 9.59 Å². The molecule has 0 saturated heterocycles. The summed E-state index contributed by atoms with van der Waals surface area (Å²) in [6, 6.07) is 8.56. The minimum absolute atomic E-state index is 0.195. The summed E-state index contributed by atoms with van der Waals surface area (Å²) in [5, 5.41) is 0. The SMILES string of the molecule is COC(=O)C1=CN(C(=O)Oc2ccccc2)C(C)C=C1. The van der Waals surface area contributed by atoms with Crippen molar-refractivity contribution in [2.75, 3.05) is 7.11 Å². The number of para-hydroxylation sites is 1. The molecule has 0 bridgehead atoms. The number of carbonyl (C=O) groups is 2. The maximum atomic E-state index is 12.1. The molecule has 0 aliphatic carbocycles. The molecule has 1 aliphatic heterocycles. The van der Waals surface area contributed by atoms with Crippen LogP contribution in [0.5, 0.6) is 5.75 Å². The van der Waals surface area contributed by atoms with Crippen molar-refractivity contribution < 1.29 is 19.1 Å². The fourth-order valence-corrected chi connectivity index (χ4v) is 1.75. The molecule has 1 aromatic carbocycles. The molecule has 0 spiro atoms. The highest BCUT2D eigenvalue weighted by Crippen LogP contribution is 2.17. The Kier molecular flexibility index (Phi) is 4.20. The molecule has 1 unspecified atom stereocenters. The number of benzene rings is 1. The average molecular weight is 273 g/mol. The second kappa shape index (κ2) is 6.06. The third-order valence-electron chi connectivity index (χ3n) is 2.85. The maximum absolute atomic E-state index is 12.1. The molecule has 1 heterocycles. The van der Waals surface area contributed by atoms with Gasteiger partial charge in [0.1, 0.15) is 5.75 Å². The Bertz CT molecular complexity index is 562. The molecule has 0 radical (unpaired) electrons. The van der Waals surface area contributed by atoms with E-state index in [0.717, 1.165) is 0 Å². The topological polar surface area (TPSA) is 55.8 Å². The van der Waals surface area contributed by atoms with Crippen molar-refractivity contribution in [3.05, 3.63) is 54.3 Å². The van der Waals surface area contributed by atoms with Gasteiger partial charge in [-0.3, -0.25) is 4.90 Å². The number of hydrogen-bond acceptors (Lipinski definition) is 4. The van der Waals surface area contributed by atoms with Crippen molar-refractivity contribution in [2.24, 2.45) is 0 Å². The second-order valence-corrected chi connectivity index (χ2v) is 4.26. The van der Waals surface area contributed by atoms with E-state index in [4.69, 9.17) is 4.74 Å². The van der Waals surface area contributed by atoms with E-state index < -0.39 is 12.1 Å². The number of rotatable bonds is 2. The van der Waals surface area contributed by atoms with Gasteiger partial charge < -0.3 is 9.47 Å². The van der Waals surface area contributed by atoms with Crippen molar-refractivity contribution in [2.45, 2.75) is 13.0 Å². The van der Waals surface area contributed by atoms with E-state index in [1.54, 1.807) is 36.4 Å². The van der Waals surface area contributed by atoms with Gasteiger partial charge in [-0.2, -0.15) is 0 Å². The fraction of sp³-hybridized carbons (Fsp3) is 0.200. The smallest absolute Gasteiger partial charge is 0.419 e. The molecule has 5 nitrogen and oxygen atoms in total. The zero-order chi connectivity index (χ0) is 14.5. The summed E-state index contributed by atoms with van der Waals surface area (Å²) in [6.45, 7) is 1.83. The van der Waals surface area contributed by atoms with Crippen LogP contribution in [-0.2, 0) is 9.53 Å². The van der Waals surface area contributed by atoms with Gasteiger partial charge in [0.05, 0.1) is 18.7 Å². The molecule has 0 aromatic heterocycles. The zero-order valence-electron chi connectivity index (χ0n) is 11.3. The van der Waals surface area contributed by atoms with E-state index in [-0.39, 0.29) is 6.04 Å². The molecule has 104 valence electrons. The van der Waals surface area contributed by atoms with Crippen LogP contribution in [0.15, 0.2) is 54.3 Å². The van der Waals surface area contributed by atoms with Crippen LogP contribution < -0.4 is 4.74 Å². The van der Waals surface area contributed by atoms with E-state index in [0.29, 0.717) is 11.3 Å². The van der Waals surface area contributed by atoms with Gasteiger partial charge in [-0.05, 0) is 25.1 Å². The lowest BCUT2D eigenvalue weighted by Crippen LogP contribution is -2.37. The van der Waals surface area contributed by atoms with E-state index in [1.807, 2.05) is 13.0 Å². The Morgan fingerprint density at radius 1 is 1.20 bits per heavy atom. The van der Waals surface area contributed by atoms with Crippen LogP contribution in [0.25, 0.3) is 0 Å². The first-order valence-corrected chi connectivity index (χ1v) is 6.15. The lowest BCUT2D eigenvalue weighted by atomic mass is 10.1. The van der Waals surface area contributed by atoms with E-state index in [2.05, 4.69) is 4.74 Å². The van der Waals surface area contributed by atoms with E-state index >= 15 is 0 Å². The van der Waals surface area contributed by atoms with Crippen LogP contribution >= 0.6 is 0 Å². The Morgan fingerprint density at radius 2 is 1.90 bits per heavy atom. The number of ether oxygens (including phenoxy) is 2. The van der Waals surface area contributed by atoms with Gasteiger partial charge in [0.15, 0.2) is 0 Å². The standard InChI is InChI=1S/C15H15NO4/c1-11-8-9-12(14(17)19-2)10-16(11)15(18)20-13-6-4-3-5-7-13/h3-11H,1-2H3. The number of esters is 1. The molecule has 0 N–H and O–H groups in total. The van der Waals surface area contributed by atoms with Crippen LogP contribution in [0.4, 0.5) is 4.79 Å². The van der Waals surface area contributed by atoms with Crippen LogP contribution in [0.1, 0.15) is 6.92 Å². The number of hydrogen-bond donors (Lipinski definition) is 0. The van der Waals surface area contributed by atoms with Gasteiger partial charge in [0, 0.05) is 6.20 Å². The van der Waals surface area contributed by atoms with Crippen LogP contribution in [0.3, 0.4) is 0 Å². The highest BCUT2D eigenvalue weighted by molar-refractivity contribution is 5.92. The lowest BCUT2D eigenvalue weighted by Gasteiger charge is -2.26. The molecule has 0 fully saturated rings. The minimum Gasteiger partial charge on any atom is -0.465 e. The number of nitrogens with zero attached hydrogens (tertiary/aromatic N) is 1. The molecule has 1 amide bonds. The molecule has 1 aliphatic rings. The molecule has 1 aromatic rings. The average Bonchev–Trinajstić information content (AvgIpc) is 2.48. The monoisotopic (exact) mass is 273 g/mol. The zero-order valence-corrected chi connectivity index (χ0v) is 11.3. The van der Waals surface area contributed by atoms with E-state index in [1.165, 1.54) is 18.2 Å². The first-order chi connectivity index (χ1) is 9.61. The van der Waals surface area contributed by atoms with Crippen molar-refractivity contribution in [3.8, 4) is 5.75 Å². The first-order valence-electron chi connectivity index (χ1n) is 6.15. The van der Waals surface area contributed by atoms with Crippen LogP contribution in [-0.4, -0.2) is 30.1 Å². The summed E-state index contributed by atoms with van der Waals surface area (Å²) in [5.41, 5.74) is 0.301. The summed E-state index contributed by atoms with van der Waals surface area (Å²) in [6.07, 6.45) is 4.25. The minimum atomic E-state index is -0.547. The predicted molar refractivity (Wildman–Crippen MR) is 73.0 cm³/mol. The summed E-state index contributed by atoms with van der Waals surface area (Å²) >= 11 is 0. The number of amides is 1. The Labute approximate surface area is 117 Å². The van der Waals surface area contributed by atoms with Crippen LogP contribution in [0.2, 0.25) is 0 Å².